The number of nitrogens with zero attached hydrogens (tertiary/aromatic N) is 1. The molecule has 0 saturated carbocycles. The predicted octanol–water partition coefficient (Wildman–Crippen LogP) is -0.881. The molecule has 0 unspecified atom stereocenters. The number of fused-ring (bicyclic) bond motifs is 1. The van der Waals surface area contributed by atoms with Crippen molar-refractivity contribution in [2.45, 2.75) is 76.7 Å². The maximum Gasteiger partial charge on any atom is 0.243 e. The number of carbonyl (C=O) groups excluding carboxylic acids is 7. The summed E-state index contributed by atoms with van der Waals surface area (Å²) in [5.41, 5.74) is 13.9. The molecular formula is C37H49N9O7. The Kier molecular flexibility index (Phi) is 14.1. The maximum atomic E-state index is 13.5. The van der Waals surface area contributed by atoms with E-state index < -0.39 is 84.6 Å². The molecule has 1 aliphatic rings. The van der Waals surface area contributed by atoms with Gasteiger partial charge >= 0.3 is 0 Å². The number of benzene rings is 2. The van der Waals surface area contributed by atoms with E-state index in [2.05, 4.69) is 31.6 Å². The van der Waals surface area contributed by atoms with Crippen LogP contribution < -0.4 is 38.1 Å². The minimum absolute atomic E-state index is 0.0573. The predicted molar refractivity (Wildman–Crippen MR) is 196 cm³/mol. The van der Waals surface area contributed by atoms with Crippen molar-refractivity contribution in [1.82, 2.24) is 36.5 Å². The van der Waals surface area contributed by atoms with Crippen LogP contribution in [0.5, 0.6) is 0 Å². The first-order valence-electron chi connectivity index (χ1n) is 17.6. The molecule has 1 aliphatic heterocycles. The molecule has 0 bridgehead atoms. The van der Waals surface area contributed by atoms with E-state index in [9.17, 15) is 33.6 Å². The van der Waals surface area contributed by atoms with Crippen LogP contribution in [0.3, 0.4) is 0 Å². The first-order valence-corrected chi connectivity index (χ1v) is 17.6. The Hall–Kier alpha value is -5.77. The number of para-hydroxylation sites is 1. The Morgan fingerprint density at radius 1 is 0.830 bits per heavy atom. The number of rotatable bonds is 17. The number of amides is 7. The van der Waals surface area contributed by atoms with Crippen LogP contribution in [0.1, 0.15) is 44.7 Å². The molecule has 3 aromatic rings. The van der Waals surface area contributed by atoms with Crippen LogP contribution >= 0.6 is 0 Å². The number of primary amides is 1. The fraction of sp³-hybridized carbons (Fsp3) is 0.432. The van der Waals surface area contributed by atoms with Crippen molar-refractivity contribution in [3.8, 4) is 0 Å². The van der Waals surface area contributed by atoms with Gasteiger partial charge in [-0.2, -0.15) is 0 Å². The van der Waals surface area contributed by atoms with Crippen molar-refractivity contribution in [1.29, 1.82) is 0 Å². The molecule has 16 heteroatoms. The van der Waals surface area contributed by atoms with Crippen molar-refractivity contribution in [3.63, 3.8) is 0 Å². The van der Waals surface area contributed by atoms with Gasteiger partial charge in [0.05, 0.1) is 19.1 Å². The molecule has 10 N–H and O–H groups in total. The lowest BCUT2D eigenvalue weighted by molar-refractivity contribution is -0.139. The van der Waals surface area contributed by atoms with E-state index in [1.165, 1.54) is 11.8 Å². The molecule has 53 heavy (non-hydrogen) atoms. The van der Waals surface area contributed by atoms with Gasteiger partial charge in [-0.1, -0.05) is 62.4 Å². The van der Waals surface area contributed by atoms with Gasteiger partial charge in [0.25, 0.3) is 0 Å². The molecule has 1 fully saturated rings. The molecule has 1 saturated heterocycles. The number of H-pyrrole nitrogens is 1. The number of hydrogen-bond acceptors (Lipinski definition) is 8. The van der Waals surface area contributed by atoms with E-state index in [4.69, 9.17) is 11.5 Å². The Morgan fingerprint density at radius 3 is 2.23 bits per heavy atom. The molecule has 0 spiro atoms. The van der Waals surface area contributed by atoms with Crippen LogP contribution in [0.15, 0.2) is 60.8 Å². The highest BCUT2D eigenvalue weighted by molar-refractivity contribution is 5.96. The molecule has 284 valence electrons. The summed E-state index contributed by atoms with van der Waals surface area (Å²) >= 11 is 0. The normalized spacial score (nSPS) is 16.2. The van der Waals surface area contributed by atoms with Gasteiger partial charge in [0.2, 0.25) is 41.4 Å². The number of hydrogen-bond donors (Lipinski definition) is 8. The van der Waals surface area contributed by atoms with Crippen LogP contribution in [0.4, 0.5) is 0 Å². The van der Waals surface area contributed by atoms with Gasteiger partial charge in [0.1, 0.15) is 24.2 Å². The largest absolute Gasteiger partial charge is 0.368 e. The average molecular weight is 732 g/mol. The lowest BCUT2D eigenvalue weighted by Gasteiger charge is -2.27. The molecule has 0 radical (unpaired) electrons. The van der Waals surface area contributed by atoms with E-state index in [1.807, 2.05) is 54.6 Å². The Labute approximate surface area is 307 Å². The van der Waals surface area contributed by atoms with Gasteiger partial charge < -0.3 is 47.9 Å². The molecule has 2 aromatic carbocycles. The molecule has 5 atom stereocenters. The second-order valence-corrected chi connectivity index (χ2v) is 13.5. The van der Waals surface area contributed by atoms with Crippen molar-refractivity contribution in [3.05, 3.63) is 71.9 Å². The Bertz CT molecular complexity index is 1790. The van der Waals surface area contributed by atoms with Crippen LogP contribution in [0, 0.1) is 5.92 Å². The van der Waals surface area contributed by atoms with Crippen molar-refractivity contribution >= 4 is 52.3 Å². The summed E-state index contributed by atoms with van der Waals surface area (Å²) in [4.78, 5) is 94.5. The third kappa shape index (κ3) is 11.1. The van der Waals surface area contributed by atoms with Crippen molar-refractivity contribution < 1.29 is 33.6 Å². The quantitative estimate of drug-likeness (QED) is 0.0864. The summed E-state index contributed by atoms with van der Waals surface area (Å²) < 4.78 is 0. The van der Waals surface area contributed by atoms with Gasteiger partial charge in [-0.15, -0.1) is 0 Å². The van der Waals surface area contributed by atoms with Gasteiger partial charge in [0, 0.05) is 30.1 Å². The minimum atomic E-state index is -1.15. The first-order chi connectivity index (χ1) is 25.2. The van der Waals surface area contributed by atoms with Gasteiger partial charge in [-0.3, -0.25) is 33.6 Å². The molecule has 1 aromatic heterocycles. The average Bonchev–Trinajstić information content (AvgIpc) is 3.79. The fourth-order valence-electron chi connectivity index (χ4n) is 6.16. The molecule has 16 nitrogen and oxygen atoms in total. The lowest BCUT2D eigenvalue weighted by atomic mass is 10.0. The van der Waals surface area contributed by atoms with E-state index in [-0.39, 0.29) is 18.8 Å². The van der Waals surface area contributed by atoms with Gasteiger partial charge in [-0.25, -0.2) is 0 Å². The molecule has 2 heterocycles. The lowest BCUT2D eigenvalue weighted by Crippen LogP contribution is -2.56. The Balaban J connectivity index is 1.33. The number of nitrogens with one attached hydrogen (secondary N) is 6. The highest BCUT2D eigenvalue weighted by atomic mass is 16.2. The smallest absolute Gasteiger partial charge is 0.243 e. The second-order valence-electron chi connectivity index (χ2n) is 13.5. The summed E-state index contributed by atoms with van der Waals surface area (Å²) in [5, 5.41) is 13.7. The number of likely N-dealkylation sites (tertiary alicyclic amines) is 1. The minimum Gasteiger partial charge on any atom is -0.368 e. The SMILES string of the molecule is CC(C)[C@H](NC(=O)[C@@H]1CCCN1C(=O)CNC(=O)CNC(=O)[C@H](Cc1c[nH]c2ccccc12)NC(=O)[C@H](C)NC(=O)[C@@H](N)Cc1ccccc1)C(N)=O. The zero-order chi connectivity index (χ0) is 38.7. The molecule has 7 amide bonds. The van der Waals surface area contributed by atoms with E-state index >= 15 is 0 Å². The van der Waals surface area contributed by atoms with Crippen LogP contribution in [-0.4, -0.2) is 101 Å². The molecule has 4 rings (SSSR count). The van der Waals surface area contributed by atoms with Crippen LogP contribution in [0.25, 0.3) is 10.9 Å². The van der Waals surface area contributed by atoms with Crippen molar-refractivity contribution in [2.75, 3.05) is 19.6 Å². The summed E-state index contributed by atoms with van der Waals surface area (Å²) in [6.45, 7) is 4.31. The topological polar surface area (TPSA) is 251 Å². The molecular weight excluding hydrogens is 682 g/mol. The van der Waals surface area contributed by atoms with E-state index in [0.717, 1.165) is 22.0 Å². The zero-order valence-corrected chi connectivity index (χ0v) is 30.1. The number of carbonyl (C=O) groups is 7. The zero-order valence-electron chi connectivity index (χ0n) is 30.1. The van der Waals surface area contributed by atoms with Gasteiger partial charge in [-0.05, 0) is 49.3 Å². The van der Waals surface area contributed by atoms with Crippen molar-refractivity contribution in [2.24, 2.45) is 17.4 Å². The van der Waals surface area contributed by atoms with E-state index in [1.54, 1.807) is 20.0 Å². The van der Waals surface area contributed by atoms with Crippen LogP contribution in [-0.2, 0) is 46.4 Å². The monoisotopic (exact) mass is 731 g/mol. The summed E-state index contributed by atoms with van der Waals surface area (Å²) in [7, 11) is 0. The van der Waals surface area contributed by atoms with Gasteiger partial charge in [0.15, 0.2) is 0 Å². The highest BCUT2D eigenvalue weighted by Gasteiger charge is 2.36. The number of nitrogens with two attached hydrogens (primary N) is 2. The van der Waals surface area contributed by atoms with E-state index in [0.29, 0.717) is 19.4 Å². The maximum absolute atomic E-state index is 13.5. The standard InChI is InChI=1S/C37H49N9O7/c1-21(2)32(33(39)49)45-37(53)29-14-9-15-46(29)31(48)20-41-30(47)19-42-36(52)28(17-24-18-40-27-13-8-7-12-25(24)27)44-34(50)22(3)43-35(51)26(38)16-23-10-5-4-6-11-23/h4-8,10-13,18,21-22,26,28-29,32,40H,9,14-17,19-20,38H2,1-3H3,(H2,39,49)(H,41,47)(H,42,52)(H,43,51)(H,44,50)(H,45,53)/t22-,26-,28-,29-,32-/m0/s1. The third-order valence-corrected chi connectivity index (χ3v) is 9.13. The Morgan fingerprint density at radius 2 is 1.53 bits per heavy atom. The summed E-state index contributed by atoms with van der Waals surface area (Å²) in [6, 6.07) is 11.8. The third-order valence-electron chi connectivity index (χ3n) is 9.13. The summed E-state index contributed by atoms with van der Waals surface area (Å²) in [5.74, 6) is -4.45. The molecule has 0 aliphatic carbocycles. The number of aromatic amines is 1. The summed E-state index contributed by atoms with van der Waals surface area (Å²) in [6.07, 6.45) is 3.00. The van der Waals surface area contributed by atoms with Crippen LogP contribution in [0.2, 0.25) is 0 Å². The second kappa shape index (κ2) is 18.6. The highest BCUT2D eigenvalue weighted by Crippen LogP contribution is 2.20. The fourth-order valence-corrected chi connectivity index (χ4v) is 6.16. The first kappa shape index (κ1) is 40.0. The number of aromatic nitrogens is 1.